The summed E-state index contributed by atoms with van der Waals surface area (Å²) in [6.45, 7) is 4.49. The highest BCUT2D eigenvalue weighted by molar-refractivity contribution is 5.85. The van der Waals surface area contributed by atoms with E-state index in [2.05, 4.69) is 22.1 Å². The number of halogens is 1. The van der Waals surface area contributed by atoms with Crippen LogP contribution in [0.4, 0.5) is 0 Å². The van der Waals surface area contributed by atoms with Gasteiger partial charge in [-0.15, -0.1) is 12.4 Å². The lowest BCUT2D eigenvalue weighted by molar-refractivity contribution is 0.187. The molecule has 0 amide bonds. The zero-order valence-electron chi connectivity index (χ0n) is 12.8. The molecule has 2 N–H and O–H groups in total. The lowest BCUT2D eigenvalue weighted by Crippen LogP contribution is -2.31. The van der Waals surface area contributed by atoms with Crippen LogP contribution in [0.1, 0.15) is 64.1 Å². The number of aromatic nitrogens is 2. The number of nitrogens with two attached hydrogens (primary N) is 1. The van der Waals surface area contributed by atoms with Gasteiger partial charge in [0.1, 0.15) is 0 Å². The molecule has 6 heteroatoms. The maximum Gasteiger partial charge on any atom is 0.240 e. The fraction of sp³-hybridized carbons (Fsp3) is 0.857. The summed E-state index contributed by atoms with van der Waals surface area (Å²) in [5.41, 5.74) is 5.43. The van der Waals surface area contributed by atoms with Gasteiger partial charge in [0.2, 0.25) is 5.89 Å². The minimum atomic E-state index is -0.539. The molecule has 1 heterocycles. The van der Waals surface area contributed by atoms with Crippen LogP contribution >= 0.6 is 12.4 Å². The van der Waals surface area contributed by atoms with Crippen LogP contribution in [0.3, 0.4) is 0 Å². The molecule has 20 heavy (non-hydrogen) atoms. The molecule has 0 unspecified atom stereocenters. The van der Waals surface area contributed by atoms with E-state index in [1.165, 1.54) is 38.5 Å². The summed E-state index contributed by atoms with van der Waals surface area (Å²) < 4.78 is 5.30. The van der Waals surface area contributed by atoms with E-state index in [4.69, 9.17) is 10.3 Å². The number of rotatable bonds is 4. The molecule has 2 rings (SSSR count). The van der Waals surface area contributed by atoms with E-state index in [1.807, 2.05) is 13.8 Å². The van der Waals surface area contributed by atoms with E-state index in [9.17, 15) is 0 Å². The first-order valence-electron chi connectivity index (χ1n) is 7.29. The van der Waals surface area contributed by atoms with Crippen LogP contribution in [0.15, 0.2) is 4.52 Å². The molecular weight excluding hydrogens is 276 g/mol. The molecule has 1 aromatic rings. The van der Waals surface area contributed by atoms with Crippen LogP contribution in [0, 0.1) is 0 Å². The van der Waals surface area contributed by atoms with Gasteiger partial charge in [0, 0.05) is 6.04 Å². The van der Waals surface area contributed by atoms with Gasteiger partial charge in [0.05, 0.1) is 12.1 Å². The fourth-order valence-corrected chi connectivity index (χ4v) is 2.62. The predicted molar refractivity (Wildman–Crippen MR) is 81.7 cm³/mol. The maximum absolute atomic E-state index is 5.97. The second kappa shape index (κ2) is 7.38. The first-order valence-corrected chi connectivity index (χ1v) is 7.29. The molecule has 1 saturated carbocycles. The van der Waals surface area contributed by atoms with Crippen LogP contribution in [0.25, 0.3) is 0 Å². The second-order valence-electron chi connectivity index (χ2n) is 6.29. The Morgan fingerprint density at radius 1 is 1.25 bits per heavy atom. The van der Waals surface area contributed by atoms with E-state index in [-0.39, 0.29) is 12.4 Å². The summed E-state index contributed by atoms with van der Waals surface area (Å²) in [7, 11) is 2.15. The summed E-state index contributed by atoms with van der Waals surface area (Å²) in [5, 5.41) is 3.97. The van der Waals surface area contributed by atoms with Gasteiger partial charge in [-0.3, -0.25) is 4.90 Å². The standard InChI is InChI=1S/C14H26N4O.ClH/c1-14(2,15)13-16-12(19-17-13)10-18(3)11-8-6-4-5-7-9-11;/h11H,4-10,15H2,1-3H3;1H. The Kier molecular flexibility index (Phi) is 6.43. The molecular formula is C14H27ClN4O. The average Bonchev–Trinajstić information content (AvgIpc) is 2.63. The summed E-state index contributed by atoms with van der Waals surface area (Å²) in [5.74, 6) is 1.25. The molecule has 0 aliphatic heterocycles. The lowest BCUT2D eigenvalue weighted by Gasteiger charge is -2.25. The van der Waals surface area contributed by atoms with Crippen molar-refractivity contribution in [2.75, 3.05) is 7.05 Å². The van der Waals surface area contributed by atoms with Crippen LogP contribution in [0.5, 0.6) is 0 Å². The van der Waals surface area contributed by atoms with E-state index in [0.717, 1.165) is 0 Å². The van der Waals surface area contributed by atoms with Crippen molar-refractivity contribution >= 4 is 12.4 Å². The van der Waals surface area contributed by atoms with Crippen molar-refractivity contribution in [2.24, 2.45) is 5.73 Å². The second-order valence-corrected chi connectivity index (χ2v) is 6.29. The van der Waals surface area contributed by atoms with Gasteiger partial charge >= 0.3 is 0 Å². The number of hydrogen-bond donors (Lipinski definition) is 1. The Morgan fingerprint density at radius 2 is 1.85 bits per heavy atom. The van der Waals surface area contributed by atoms with Gasteiger partial charge < -0.3 is 10.3 Å². The van der Waals surface area contributed by atoms with Crippen LogP contribution < -0.4 is 5.73 Å². The summed E-state index contributed by atoms with van der Waals surface area (Å²) in [4.78, 5) is 6.73. The Labute approximate surface area is 127 Å². The van der Waals surface area contributed by atoms with Gasteiger partial charge in [0.25, 0.3) is 0 Å². The quantitative estimate of drug-likeness (QED) is 0.866. The molecule has 0 saturated heterocycles. The van der Waals surface area contributed by atoms with Crippen molar-refractivity contribution in [3.63, 3.8) is 0 Å². The molecule has 0 radical (unpaired) electrons. The van der Waals surface area contributed by atoms with Gasteiger partial charge in [-0.05, 0) is 33.7 Å². The minimum Gasteiger partial charge on any atom is -0.338 e. The van der Waals surface area contributed by atoms with Crippen molar-refractivity contribution in [3.05, 3.63) is 11.7 Å². The Hall–Kier alpha value is -0.650. The van der Waals surface area contributed by atoms with Crippen LogP contribution in [-0.4, -0.2) is 28.1 Å². The molecule has 1 fully saturated rings. The molecule has 1 aliphatic carbocycles. The summed E-state index contributed by atoms with van der Waals surface area (Å²) in [6.07, 6.45) is 7.96. The zero-order chi connectivity index (χ0) is 13.9. The smallest absolute Gasteiger partial charge is 0.240 e. The Bertz CT molecular complexity index is 394. The predicted octanol–water partition coefficient (Wildman–Crippen LogP) is 2.84. The number of nitrogens with zero attached hydrogens (tertiary/aromatic N) is 3. The van der Waals surface area contributed by atoms with Crippen LogP contribution in [-0.2, 0) is 12.1 Å². The van der Waals surface area contributed by atoms with E-state index in [0.29, 0.717) is 24.3 Å². The monoisotopic (exact) mass is 302 g/mol. The normalized spacial score (nSPS) is 17.9. The first kappa shape index (κ1) is 17.4. The third-order valence-electron chi connectivity index (χ3n) is 3.88. The lowest BCUT2D eigenvalue weighted by atomic mass is 10.1. The highest BCUT2D eigenvalue weighted by Crippen LogP contribution is 2.22. The molecule has 0 aromatic carbocycles. The third-order valence-corrected chi connectivity index (χ3v) is 3.88. The van der Waals surface area contributed by atoms with Crippen molar-refractivity contribution < 1.29 is 4.52 Å². The van der Waals surface area contributed by atoms with Gasteiger partial charge in [-0.1, -0.05) is 30.8 Å². The minimum absolute atomic E-state index is 0. The Balaban J connectivity index is 0.00000200. The summed E-state index contributed by atoms with van der Waals surface area (Å²) in [6, 6.07) is 0.642. The largest absolute Gasteiger partial charge is 0.338 e. The van der Waals surface area contributed by atoms with Gasteiger partial charge in [-0.2, -0.15) is 4.98 Å². The molecule has 1 aliphatic rings. The summed E-state index contributed by atoms with van der Waals surface area (Å²) >= 11 is 0. The average molecular weight is 303 g/mol. The topological polar surface area (TPSA) is 68.2 Å². The van der Waals surface area contributed by atoms with Gasteiger partial charge in [0.15, 0.2) is 5.82 Å². The third kappa shape index (κ3) is 4.72. The van der Waals surface area contributed by atoms with E-state index in [1.54, 1.807) is 0 Å². The molecule has 1 aromatic heterocycles. The molecule has 116 valence electrons. The highest BCUT2D eigenvalue weighted by Gasteiger charge is 2.23. The van der Waals surface area contributed by atoms with Crippen molar-refractivity contribution in [2.45, 2.75) is 70.5 Å². The molecule has 0 spiro atoms. The van der Waals surface area contributed by atoms with E-state index >= 15 is 0 Å². The zero-order valence-corrected chi connectivity index (χ0v) is 13.6. The molecule has 0 bridgehead atoms. The highest BCUT2D eigenvalue weighted by atomic mass is 35.5. The van der Waals surface area contributed by atoms with Crippen molar-refractivity contribution in [1.82, 2.24) is 15.0 Å². The fourth-order valence-electron chi connectivity index (χ4n) is 2.62. The van der Waals surface area contributed by atoms with Crippen molar-refractivity contribution in [1.29, 1.82) is 0 Å². The number of hydrogen-bond acceptors (Lipinski definition) is 5. The van der Waals surface area contributed by atoms with Crippen molar-refractivity contribution in [3.8, 4) is 0 Å². The first-order chi connectivity index (χ1) is 8.97. The Morgan fingerprint density at radius 3 is 2.35 bits per heavy atom. The molecule has 0 atom stereocenters. The van der Waals surface area contributed by atoms with Crippen LogP contribution in [0.2, 0.25) is 0 Å². The van der Waals surface area contributed by atoms with Gasteiger partial charge in [-0.25, -0.2) is 0 Å². The molecule has 5 nitrogen and oxygen atoms in total. The SMILES string of the molecule is CN(Cc1nc(C(C)(C)N)no1)C1CCCCCC1.Cl. The maximum atomic E-state index is 5.97. The van der Waals surface area contributed by atoms with E-state index < -0.39 is 5.54 Å².